The Morgan fingerprint density at radius 2 is 1.92 bits per heavy atom. The molecule has 1 N–H and O–H groups in total. The second-order valence-electron chi connectivity index (χ2n) is 9.30. The molecule has 3 aromatic rings. The van der Waals surface area contributed by atoms with Gasteiger partial charge < -0.3 is 19.5 Å². The van der Waals surface area contributed by atoms with E-state index in [1.807, 2.05) is 35.2 Å². The van der Waals surface area contributed by atoms with Gasteiger partial charge in [0.2, 0.25) is 5.91 Å². The minimum Gasteiger partial charge on any atom is -0.496 e. The minimum absolute atomic E-state index is 0.0429. The quantitative estimate of drug-likeness (QED) is 0.529. The molecule has 7 heteroatoms. The second-order valence-corrected chi connectivity index (χ2v) is 9.30. The number of carboxylic acid groups (broad SMARTS) is 1. The lowest BCUT2D eigenvalue weighted by Crippen LogP contribution is -2.37. The molecule has 0 aliphatic carbocycles. The molecule has 0 spiro atoms. The van der Waals surface area contributed by atoms with Crippen LogP contribution in [0, 0.1) is 5.82 Å². The van der Waals surface area contributed by atoms with E-state index in [2.05, 4.69) is 0 Å². The number of carboxylic acids is 1. The fourth-order valence-corrected chi connectivity index (χ4v) is 5.31. The number of methoxy groups -OCH3 is 1. The van der Waals surface area contributed by atoms with Crippen LogP contribution in [0.4, 0.5) is 4.39 Å². The first kappa shape index (κ1) is 23.9. The predicted molar refractivity (Wildman–Crippen MR) is 133 cm³/mol. The van der Waals surface area contributed by atoms with Gasteiger partial charge >= 0.3 is 5.97 Å². The number of aliphatic carboxylic acids is 1. The lowest BCUT2D eigenvalue weighted by Gasteiger charge is -2.33. The summed E-state index contributed by atoms with van der Waals surface area (Å²) in [5, 5.41) is 9.13. The van der Waals surface area contributed by atoms with Crippen molar-refractivity contribution >= 4 is 11.9 Å². The summed E-state index contributed by atoms with van der Waals surface area (Å²) < 4.78 is 26.1. The van der Waals surface area contributed by atoms with Gasteiger partial charge in [0.1, 0.15) is 17.3 Å². The fourth-order valence-electron chi connectivity index (χ4n) is 5.31. The van der Waals surface area contributed by atoms with Gasteiger partial charge in [-0.25, -0.2) is 4.39 Å². The Labute approximate surface area is 209 Å². The van der Waals surface area contributed by atoms with Gasteiger partial charge in [0, 0.05) is 25.1 Å². The van der Waals surface area contributed by atoms with Crippen LogP contribution in [0.3, 0.4) is 0 Å². The number of nitrogens with zero attached hydrogens (tertiary/aromatic N) is 1. The largest absolute Gasteiger partial charge is 0.496 e. The molecule has 2 aliphatic heterocycles. The summed E-state index contributed by atoms with van der Waals surface area (Å²) >= 11 is 0. The standard InChI is InChI=1S/C29H28FNO5/c1-35-27-14-18(15-29(33)34)6-7-23(27)21-8-9-25(30)22-10-12-31(17-24(21)22)28(32)16-19-11-13-36-26-5-3-2-4-20(19)26/h2-9,14,19H,10-13,15-17H2,1H3,(H,33,34)/t19-/m0/s1. The molecular weight excluding hydrogens is 461 g/mol. The molecule has 1 amide bonds. The van der Waals surface area contributed by atoms with Crippen molar-refractivity contribution < 1.29 is 28.6 Å². The van der Waals surface area contributed by atoms with Crippen LogP contribution in [0.5, 0.6) is 11.5 Å². The Bertz CT molecular complexity index is 1320. The van der Waals surface area contributed by atoms with Crippen molar-refractivity contribution in [1.82, 2.24) is 4.90 Å². The predicted octanol–water partition coefficient (Wildman–Crippen LogP) is 4.97. The van der Waals surface area contributed by atoms with E-state index in [1.165, 1.54) is 13.2 Å². The Kier molecular flexibility index (Phi) is 6.63. The highest BCUT2D eigenvalue weighted by Gasteiger charge is 2.30. The smallest absolute Gasteiger partial charge is 0.307 e. The molecule has 3 aromatic carbocycles. The fraction of sp³-hybridized carbons (Fsp3) is 0.310. The summed E-state index contributed by atoms with van der Waals surface area (Å²) in [6.07, 6.45) is 1.49. The van der Waals surface area contributed by atoms with Crippen molar-refractivity contribution in [3.63, 3.8) is 0 Å². The van der Waals surface area contributed by atoms with Crippen LogP contribution in [0.1, 0.15) is 41.0 Å². The van der Waals surface area contributed by atoms with E-state index in [0.29, 0.717) is 49.4 Å². The van der Waals surface area contributed by atoms with E-state index in [9.17, 15) is 14.0 Å². The van der Waals surface area contributed by atoms with E-state index in [1.54, 1.807) is 18.2 Å². The molecule has 2 heterocycles. The number of carbonyl (C=O) groups is 2. The zero-order chi connectivity index (χ0) is 25.2. The monoisotopic (exact) mass is 489 g/mol. The number of para-hydroxylation sites is 1. The first-order valence-corrected chi connectivity index (χ1v) is 12.1. The molecule has 0 aromatic heterocycles. The molecule has 36 heavy (non-hydrogen) atoms. The topological polar surface area (TPSA) is 76.1 Å². The van der Waals surface area contributed by atoms with Gasteiger partial charge in [-0.05, 0) is 64.8 Å². The third kappa shape index (κ3) is 4.65. The second kappa shape index (κ2) is 10.0. The summed E-state index contributed by atoms with van der Waals surface area (Å²) in [6.45, 7) is 1.36. The van der Waals surface area contributed by atoms with E-state index in [-0.39, 0.29) is 24.1 Å². The molecule has 1 atom stereocenters. The van der Waals surface area contributed by atoms with Crippen LogP contribution in [0.25, 0.3) is 11.1 Å². The van der Waals surface area contributed by atoms with Crippen molar-refractivity contribution in [2.45, 2.75) is 38.1 Å². The van der Waals surface area contributed by atoms with Gasteiger partial charge in [-0.15, -0.1) is 0 Å². The number of fused-ring (bicyclic) bond motifs is 2. The van der Waals surface area contributed by atoms with Gasteiger partial charge in [-0.1, -0.05) is 36.4 Å². The van der Waals surface area contributed by atoms with Crippen LogP contribution in [-0.4, -0.2) is 42.1 Å². The number of halogens is 1. The highest BCUT2D eigenvalue weighted by atomic mass is 19.1. The summed E-state index contributed by atoms with van der Waals surface area (Å²) in [7, 11) is 1.53. The van der Waals surface area contributed by atoms with Gasteiger partial charge in [0.25, 0.3) is 0 Å². The van der Waals surface area contributed by atoms with E-state index in [4.69, 9.17) is 14.6 Å². The molecule has 5 rings (SSSR count). The molecule has 0 fully saturated rings. The molecule has 0 bridgehead atoms. The molecule has 0 unspecified atom stereocenters. The number of hydrogen-bond acceptors (Lipinski definition) is 4. The summed E-state index contributed by atoms with van der Waals surface area (Å²) in [4.78, 5) is 26.4. The maximum Gasteiger partial charge on any atom is 0.307 e. The van der Waals surface area contributed by atoms with Crippen LogP contribution in [0.2, 0.25) is 0 Å². The van der Waals surface area contributed by atoms with Crippen LogP contribution in [0.15, 0.2) is 54.6 Å². The van der Waals surface area contributed by atoms with Gasteiger partial charge in [0.05, 0.1) is 20.1 Å². The molecule has 2 aliphatic rings. The van der Waals surface area contributed by atoms with Crippen molar-refractivity contribution in [1.29, 1.82) is 0 Å². The molecular formula is C29H28FNO5. The average molecular weight is 490 g/mol. The van der Waals surface area contributed by atoms with E-state index in [0.717, 1.165) is 34.4 Å². The van der Waals surface area contributed by atoms with Gasteiger partial charge in [0.15, 0.2) is 0 Å². The van der Waals surface area contributed by atoms with E-state index < -0.39 is 5.97 Å². The lowest BCUT2D eigenvalue weighted by atomic mass is 9.88. The number of hydrogen-bond donors (Lipinski definition) is 1. The molecule has 6 nitrogen and oxygen atoms in total. The van der Waals surface area contributed by atoms with Crippen LogP contribution in [-0.2, 0) is 29.0 Å². The van der Waals surface area contributed by atoms with Crippen molar-refractivity contribution in [2.24, 2.45) is 0 Å². The summed E-state index contributed by atoms with van der Waals surface area (Å²) in [5.41, 5.74) is 4.60. The van der Waals surface area contributed by atoms with Gasteiger partial charge in [-0.2, -0.15) is 0 Å². The Balaban J connectivity index is 1.42. The third-order valence-electron chi connectivity index (χ3n) is 7.12. The average Bonchev–Trinajstić information content (AvgIpc) is 2.89. The Morgan fingerprint density at radius 3 is 2.72 bits per heavy atom. The molecule has 186 valence electrons. The first-order chi connectivity index (χ1) is 17.4. The summed E-state index contributed by atoms with van der Waals surface area (Å²) in [6, 6.07) is 16.3. The van der Waals surface area contributed by atoms with Crippen molar-refractivity contribution in [3.05, 3.63) is 82.7 Å². The lowest BCUT2D eigenvalue weighted by molar-refractivity contribution is -0.136. The SMILES string of the molecule is COc1cc(CC(=O)O)ccc1-c1ccc(F)c2c1CN(C(=O)C[C@@H]1CCOc3ccccc31)CC2. The van der Waals surface area contributed by atoms with Crippen LogP contribution < -0.4 is 9.47 Å². The molecule has 0 saturated heterocycles. The molecule has 0 saturated carbocycles. The molecule has 0 radical (unpaired) electrons. The Morgan fingerprint density at radius 1 is 1.11 bits per heavy atom. The highest BCUT2D eigenvalue weighted by molar-refractivity contribution is 5.80. The first-order valence-electron chi connectivity index (χ1n) is 12.1. The zero-order valence-electron chi connectivity index (χ0n) is 20.1. The van der Waals surface area contributed by atoms with E-state index >= 15 is 0 Å². The van der Waals surface area contributed by atoms with Crippen molar-refractivity contribution in [2.75, 3.05) is 20.3 Å². The van der Waals surface area contributed by atoms with Crippen molar-refractivity contribution in [3.8, 4) is 22.6 Å². The number of carbonyl (C=O) groups excluding carboxylic acids is 1. The minimum atomic E-state index is -0.926. The van der Waals surface area contributed by atoms with Gasteiger partial charge in [-0.3, -0.25) is 9.59 Å². The van der Waals surface area contributed by atoms with Crippen LogP contribution >= 0.6 is 0 Å². The highest BCUT2D eigenvalue weighted by Crippen LogP contribution is 2.39. The number of ether oxygens (including phenoxy) is 2. The zero-order valence-corrected chi connectivity index (χ0v) is 20.1. The maximum atomic E-state index is 14.8. The Hall–Kier alpha value is -3.87. The summed E-state index contributed by atoms with van der Waals surface area (Å²) in [5.74, 6) is 0.295. The maximum absolute atomic E-state index is 14.8. The normalized spacial score (nSPS) is 16.5. The number of rotatable bonds is 6. The third-order valence-corrected chi connectivity index (χ3v) is 7.12. The number of benzene rings is 3. The number of amides is 1.